The highest BCUT2D eigenvalue weighted by molar-refractivity contribution is 5.75. The Labute approximate surface area is 114 Å². The molecule has 0 spiro atoms. The molecule has 0 saturated carbocycles. The van der Waals surface area contributed by atoms with E-state index in [0.717, 1.165) is 13.1 Å². The second-order valence-electron chi connectivity index (χ2n) is 5.50. The Balaban J connectivity index is 1.71. The maximum absolute atomic E-state index is 11.8. The molecule has 0 bridgehead atoms. The molecule has 1 saturated heterocycles. The van der Waals surface area contributed by atoms with E-state index in [1.807, 2.05) is 0 Å². The summed E-state index contributed by atoms with van der Waals surface area (Å²) < 4.78 is 1.54. The minimum Gasteiger partial charge on any atom is -0.354 e. The molecular formula is C13H23N5O. The average Bonchev–Trinajstić information content (AvgIpc) is 2.89. The molecule has 1 aromatic rings. The highest BCUT2D eigenvalue weighted by Crippen LogP contribution is 2.17. The first-order valence-corrected chi connectivity index (χ1v) is 7.00. The van der Waals surface area contributed by atoms with Crippen molar-refractivity contribution in [2.75, 3.05) is 19.6 Å². The van der Waals surface area contributed by atoms with Gasteiger partial charge in [0.2, 0.25) is 5.91 Å². The lowest BCUT2D eigenvalue weighted by atomic mass is 9.97. The van der Waals surface area contributed by atoms with Crippen molar-refractivity contribution in [3.8, 4) is 0 Å². The second kappa shape index (κ2) is 6.65. The van der Waals surface area contributed by atoms with Crippen LogP contribution < -0.4 is 5.32 Å². The summed E-state index contributed by atoms with van der Waals surface area (Å²) in [5, 5.41) is 10.5. The lowest BCUT2D eigenvalue weighted by Gasteiger charge is -2.35. The molecule has 0 radical (unpaired) electrons. The fraction of sp³-hybridized carbons (Fsp3) is 0.769. The first-order valence-electron chi connectivity index (χ1n) is 7.00. The number of carbonyl (C=O) groups is 1. The zero-order chi connectivity index (χ0) is 13.7. The Morgan fingerprint density at radius 3 is 3.05 bits per heavy atom. The molecular weight excluding hydrogens is 242 g/mol. The summed E-state index contributed by atoms with van der Waals surface area (Å²) in [7, 11) is 0. The summed E-state index contributed by atoms with van der Waals surface area (Å²) in [5.74, 6) is 0.572. The topological polar surface area (TPSA) is 63.1 Å². The van der Waals surface area contributed by atoms with Crippen LogP contribution >= 0.6 is 0 Å². The minimum atomic E-state index is 0.00664. The SMILES string of the molecule is CC(C)N1CCCC(CNC(=O)Cn2ccnn2)C1. The number of aromatic nitrogens is 3. The van der Waals surface area contributed by atoms with Crippen molar-refractivity contribution in [2.45, 2.75) is 39.3 Å². The summed E-state index contributed by atoms with van der Waals surface area (Å²) in [6, 6.07) is 0.591. The van der Waals surface area contributed by atoms with Crippen LogP contribution in [0.15, 0.2) is 12.4 Å². The van der Waals surface area contributed by atoms with Crippen molar-refractivity contribution >= 4 is 5.91 Å². The molecule has 6 heteroatoms. The van der Waals surface area contributed by atoms with Crippen LogP contribution in [0.3, 0.4) is 0 Å². The molecule has 1 aliphatic heterocycles. The van der Waals surface area contributed by atoms with Gasteiger partial charge in [0.05, 0.1) is 6.20 Å². The summed E-state index contributed by atoms with van der Waals surface area (Å²) >= 11 is 0. The zero-order valence-electron chi connectivity index (χ0n) is 11.7. The van der Waals surface area contributed by atoms with Crippen molar-refractivity contribution in [3.63, 3.8) is 0 Å². The molecule has 1 fully saturated rings. The predicted molar refractivity (Wildman–Crippen MR) is 72.5 cm³/mol. The first-order chi connectivity index (χ1) is 9.15. The fourth-order valence-corrected chi connectivity index (χ4v) is 2.51. The highest BCUT2D eigenvalue weighted by atomic mass is 16.2. The standard InChI is InChI=1S/C13H23N5O/c1-11(2)17-6-3-4-12(9-17)8-14-13(19)10-18-7-5-15-16-18/h5,7,11-12H,3-4,6,8-10H2,1-2H3,(H,14,19). The first kappa shape index (κ1) is 14.0. The molecule has 2 rings (SSSR count). The Morgan fingerprint density at radius 1 is 1.53 bits per heavy atom. The summed E-state index contributed by atoms with van der Waals surface area (Å²) in [6.45, 7) is 7.73. The van der Waals surface area contributed by atoms with Crippen molar-refractivity contribution in [2.24, 2.45) is 5.92 Å². The molecule has 1 N–H and O–H groups in total. The third kappa shape index (κ3) is 4.31. The molecule has 0 aromatic carbocycles. The molecule has 1 aromatic heterocycles. The van der Waals surface area contributed by atoms with Gasteiger partial charge in [-0.3, -0.25) is 4.79 Å². The molecule has 2 heterocycles. The number of rotatable bonds is 5. The van der Waals surface area contributed by atoms with E-state index in [1.165, 1.54) is 24.1 Å². The van der Waals surface area contributed by atoms with Crippen LogP contribution in [-0.4, -0.2) is 51.5 Å². The molecule has 6 nitrogen and oxygen atoms in total. The van der Waals surface area contributed by atoms with Gasteiger partial charge in [-0.25, -0.2) is 4.68 Å². The third-order valence-corrected chi connectivity index (χ3v) is 3.65. The van der Waals surface area contributed by atoms with Gasteiger partial charge >= 0.3 is 0 Å². The second-order valence-corrected chi connectivity index (χ2v) is 5.50. The number of amides is 1. The van der Waals surface area contributed by atoms with Crippen molar-refractivity contribution in [1.82, 2.24) is 25.2 Å². The van der Waals surface area contributed by atoms with Crippen LogP contribution in [0.4, 0.5) is 0 Å². The number of likely N-dealkylation sites (tertiary alicyclic amines) is 1. The zero-order valence-corrected chi connectivity index (χ0v) is 11.7. The van der Waals surface area contributed by atoms with E-state index >= 15 is 0 Å². The molecule has 1 amide bonds. The Morgan fingerprint density at radius 2 is 2.37 bits per heavy atom. The maximum atomic E-state index is 11.8. The van der Waals surface area contributed by atoms with Gasteiger partial charge in [0.1, 0.15) is 6.54 Å². The van der Waals surface area contributed by atoms with Gasteiger partial charge in [-0.05, 0) is 39.2 Å². The van der Waals surface area contributed by atoms with E-state index in [0.29, 0.717) is 12.0 Å². The molecule has 0 aliphatic carbocycles. The Hall–Kier alpha value is -1.43. The lowest BCUT2D eigenvalue weighted by Crippen LogP contribution is -2.44. The van der Waals surface area contributed by atoms with Crippen LogP contribution in [-0.2, 0) is 11.3 Å². The van der Waals surface area contributed by atoms with Gasteiger partial charge < -0.3 is 10.2 Å². The van der Waals surface area contributed by atoms with Crippen LogP contribution in [0.25, 0.3) is 0 Å². The van der Waals surface area contributed by atoms with E-state index in [4.69, 9.17) is 0 Å². The molecule has 19 heavy (non-hydrogen) atoms. The monoisotopic (exact) mass is 265 g/mol. The fourth-order valence-electron chi connectivity index (χ4n) is 2.51. The molecule has 1 atom stereocenters. The average molecular weight is 265 g/mol. The summed E-state index contributed by atoms with van der Waals surface area (Å²) in [5.41, 5.74) is 0. The molecule has 106 valence electrons. The number of hydrogen-bond donors (Lipinski definition) is 1. The normalized spacial score (nSPS) is 20.7. The van der Waals surface area contributed by atoms with Gasteiger partial charge in [0.25, 0.3) is 0 Å². The number of nitrogens with one attached hydrogen (secondary N) is 1. The van der Waals surface area contributed by atoms with Gasteiger partial charge in [-0.2, -0.15) is 0 Å². The van der Waals surface area contributed by atoms with Crippen LogP contribution in [0.2, 0.25) is 0 Å². The van der Waals surface area contributed by atoms with E-state index in [1.54, 1.807) is 12.4 Å². The quantitative estimate of drug-likeness (QED) is 0.843. The summed E-state index contributed by atoms with van der Waals surface area (Å²) in [6.07, 6.45) is 5.70. The van der Waals surface area contributed by atoms with E-state index in [2.05, 4.69) is 34.4 Å². The van der Waals surface area contributed by atoms with E-state index in [9.17, 15) is 4.79 Å². The Kier molecular flexibility index (Phi) is 4.90. The van der Waals surface area contributed by atoms with Crippen LogP contribution in [0, 0.1) is 5.92 Å². The van der Waals surface area contributed by atoms with Crippen molar-refractivity contribution < 1.29 is 4.79 Å². The van der Waals surface area contributed by atoms with Crippen molar-refractivity contribution in [3.05, 3.63) is 12.4 Å². The van der Waals surface area contributed by atoms with Crippen molar-refractivity contribution in [1.29, 1.82) is 0 Å². The largest absolute Gasteiger partial charge is 0.354 e. The smallest absolute Gasteiger partial charge is 0.241 e. The highest BCUT2D eigenvalue weighted by Gasteiger charge is 2.21. The van der Waals surface area contributed by atoms with E-state index in [-0.39, 0.29) is 12.5 Å². The maximum Gasteiger partial charge on any atom is 0.241 e. The van der Waals surface area contributed by atoms with Gasteiger partial charge in [-0.15, -0.1) is 5.10 Å². The predicted octanol–water partition coefficient (Wildman–Crippen LogP) is 0.515. The minimum absolute atomic E-state index is 0.00664. The van der Waals surface area contributed by atoms with Gasteiger partial charge in [-0.1, -0.05) is 5.21 Å². The molecule has 1 unspecified atom stereocenters. The lowest BCUT2D eigenvalue weighted by molar-refractivity contribution is -0.122. The van der Waals surface area contributed by atoms with Crippen LogP contribution in [0.5, 0.6) is 0 Å². The van der Waals surface area contributed by atoms with E-state index < -0.39 is 0 Å². The van der Waals surface area contributed by atoms with Crippen LogP contribution in [0.1, 0.15) is 26.7 Å². The number of nitrogens with zero attached hydrogens (tertiary/aromatic N) is 4. The molecule has 1 aliphatic rings. The van der Waals surface area contributed by atoms with Gasteiger partial charge in [0.15, 0.2) is 0 Å². The van der Waals surface area contributed by atoms with Gasteiger partial charge in [0, 0.05) is 25.3 Å². The third-order valence-electron chi connectivity index (χ3n) is 3.65. The summed E-state index contributed by atoms with van der Waals surface area (Å²) in [4.78, 5) is 14.2. The number of piperidine rings is 1. The Bertz CT molecular complexity index is 390. The number of carbonyl (C=O) groups excluding carboxylic acids is 1. The number of hydrogen-bond acceptors (Lipinski definition) is 4.